The van der Waals surface area contributed by atoms with Crippen LogP contribution in [-0.4, -0.2) is 58.9 Å². The fourth-order valence-corrected chi connectivity index (χ4v) is 2.04. The van der Waals surface area contributed by atoms with Crippen LogP contribution in [0.1, 0.15) is 40.5 Å². The SMILES string of the molecule is CCC(C)C(NC(=O)C(N)CC(N)=O)C(=O)NC(C)C(=O)NC(C)C(=O)O. The van der Waals surface area contributed by atoms with Gasteiger partial charge < -0.3 is 32.5 Å². The van der Waals surface area contributed by atoms with Crippen LogP contribution in [0.15, 0.2) is 0 Å². The molecule has 0 aliphatic rings. The normalized spacial score (nSPS) is 16.2. The van der Waals surface area contributed by atoms with Gasteiger partial charge in [0.15, 0.2) is 0 Å². The van der Waals surface area contributed by atoms with Gasteiger partial charge in [0.25, 0.3) is 0 Å². The zero-order valence-corrected chi connectivity index (χ0v) is 15.9. The van der Waals surface area contributed by atoms with E-state index in [0.29, 0.717) is 6.42 Å². The Hall–Kier alpha value is -2.69. The van der Waals surface area contributed by atoms with E-state index in [1.807, 2.05) is 6.92 Å². The van der Waals surface area contributed by atoms with Gasteiger partial charge in [-0.05, 0) is 19.8 Å². The number of hydrogen-bond acceptors (Lipinski definition) is 6. The number of carbonyl (C=O) groups is 5. The van der Waals surface area contributed by atoms with Crippen LogP contribution in [0.3, 0.4) is 0 Å². The Morgan fingerprint density at radius 1 is 0.889 bits per heavy atom. The number of nitrogens with two attached hydrogens (primary N) is 2. The van der Waals surface area contributed by atoms with E-state index in [1.165, 1.54) is 13.8 Å². The van der Waals surface area contributed by atoms with Crippen LogP contribution in [0.4, 0.5) is 0 Å². The predicted octanol–water partition coefficient (Wildman–Crippen LogP) is -2.19. The summed E-state index contributed by atoms with van der Waals surface area (Å²) in [5, 5.41) is 15.9. The minimum Gasteiger partial charge on any atom is -0.480 e. The molecule has 0 aliphatic carbocycles. The molecule has 0 rings (SSSR count). The number of carbonyl (C=O) groups excluding carboxylic acids is 4. The fraction of sp³-hybridized carbons (Fsp3) is 0.688. The quantitative estimate of drug-likeness (QED) is 0.232. The van der Waals surface area contributed by atoms with Gasteiger partial charge in [0.1, 0.15) is 18.1 Å². The molecule has 5 unspecified atom stereocenters. The van der Waals surface area contributed by atoms with E-state index in [-0.39, 0.29) is 12.3 Å². The molecule has 0 heterocycles. The Morgan fingerprint density at radius 3 is 1.85 bits per heavy atom. The molecular formula is C16H29N5O6. The number of hydrogen-bond donors (Lipinski definition) is 6. The fourth-order valence-electron chi connectivity index (χ4n) is 2.04. The van der Waals surface area contributed by atoms with E-state index in [9.17, 15) is 24.0 Å². The number of primary amides is 1. The van der Waals surface area contributed by atoms with Gasteiger partial charge in [-0.15, -0.1) is 0 Å². The lowest BCUT2D eigenvalue weighted by atomic mass is 9.97. The maximum Gasteiger partial charge on any atom is 0.325 e. The third kappa shape index (κ3) is 8.49. The van der Waals surface area contributed by atoms with Crippen molar-refractivity contribution >= 4 is 29.6 Å². The maximum absolute atomic E-state index is 12.5. The molecule has 4 amide bonds. The molecule has 0 aromatic rings. The molecule has 11 nitrogen and oxygen atoms in total. The second-order valence-electron chi connectivity index (χ2n) is 6.45. The van der Waals surface area contributed by atoms with E-state index >= 15 is 0 Å². The van der Waals surface area contributed by atoms with Crippen molar-refractivity contribution in [3.63, 3.8) is 0 Å². The van der Waals surface area contributed by atoms with E-state index in [2.05, 4.69) is 16.0 Å². The molecule has 0 aromatic heterocycles. The van der Waals surface area contributed by atoms with E-state index in [1.54, 1.807) is 6.92 Å². The first-order valence-corrected chi connectivity index (χ1v) is 8.58. The van der Waals surface area contributed by atoms with Crippen LogP contribution in [0.2, 0.25) is 0 Å². The average Bonchev–Trinajstić information content (AvgIpc) is 2.57. The molecule has 8 N–H and O–H groups in total. The lowest BCUT2D eigenvalue weighted by Gasteiger charge is -2.26. The van der Waals surface area contributed by atoms with Crippen LogP contribution in [0, 0.1) is 5.92 Å². The minimum absolute atomic E-state index is 0.289. The highest BCUT2D eigenvalue weighted by Crippen LogP contribution is 2.09. The molecule has 0 radical (unpaired) electrons. The highest BCUT2D eigenvalue weighted by molar-refractivity contribution is 5.94. The van der Waals surface area contributed by atoms with Crippen molar-refractivity contribution in [1.82, 2.24) is 16.0 Å². The highest BCUT2D eigenvalue weighted by Gasteiger charge is 2.30. The topological polar surface area (TPSA) is 194 Å². The summed E-state index contributed by atoms with van der Waals surface area (Å²) >= 11 is 0. The van der Waals surface area contributed by atoms with Gasteiger partial charge in [-0.25, -0.2) is 0 Å². The summed E-state index contributed by atoms with van der Waals surface area (Å²) in [6.07, 6.45) is 0.173. The van der Waals surface area contributed by atoms with Crippen molar-refractivity contribution in [3.05, 3.63) is 0 Å². The Bertz CT molecular complexity index is 582. The van der Waals surface area contributed by atoms with Gasteiger partial charge in [-0.3, -0.25) is 24.0 Å². The first-order valence-electron chi connectivity index (χ1n) is 8.58. The summed E-state index contributed by atoms with van der Waals surface area (Å²) in [5.41, 5.74) is 10.6. The number of carboxylic acids is 1. The van der Waals surface area contributed by atoms with Gasteiger partial charge in [0.2, 0.25) is 23.6 Å². The monoisotopic (exact) mass is 387 g/mol. The predicted molar refractivity (Wildman–Crippen MR) is 96.0 cm³/mol. The third-order valence-corrected chi connectivity index (χ3v) is 4.03. The molecule has 5 atom stereocenters. The van der Waals surface area contributed by atoms with Crippen molar-refractivity contribution in [2.24, 2.45) is 17.4 Å². The first-order chi connectivity index (χ1) is 12.4. The smallest absolute Gasteiger partial charge is 0.325 e. The molecule has 0 aromatic carbocycles. The number of rotatable bonds is 11. The second-order valence-corrected chi connectivity index (χ2v) is 6.45. The lowest BCUT2D eigenvalue weighted by Crippen LogP contribution is -2.58. The molecule has 0 spiro atoms. The van der Waals surface area contributed by atoms with Crippen LogP contribution in [0.25, 0.3) is 0 Å². The summed E-state index contributed by atoms with van der Waals surface area (Å²) in [7, 11) is 0. The Balaban J connectivity index is 5.02. The van der Waals surface area contributed by atoms with Crippen molar-refractivity contribution in [3.8, 4) is 0 Å². The van der Waals surface area contributed by atoms with Gasteiger partial charge in [0.05, 0.1) is 12.5 Å². The van der Waals surface area contributed by atoms with Gasteiger partial charge >= 0.3 is 5.97 Å². The molecular weight excluding hydrogens is 358 g/mol. The molecule has 11 heteroatoms. The minimum atomic E-state index is -1.21. The van der Waals surface area contributed by atoms with Crippen LogP contribution >= 0.6 is 0 Å². The molecule has 0 bridgehead atoms. The second kappa shape index (κ2) is 11.1. The summed E-state index contributed by atoms with van der Waals surface area (Å²) in [6.45, 7) is 6.21. The Kier molecular flexibility index (Phi) is 10.0. The summed E-state index contributed by atoms with van der Waals surface area (Å²) in [5.74, 6) is -4.28. The average molecular weight is 387 g/mol. The Morgan fingerprint density at radius 2 is 1.41 bits per heavy atom. The van der Waals surface area contributed by atoms with Gasteiger partial charge in [-0.1, -0.05) is 20.3 Å². The largest absolute Gasteiger partial charge is 0.480 e. The number of nitrogens with one attached hydrogen (secondary N) is 3. The molecule has 154 valence electrons. The number of amides is 4. The number of carboxylic acid groups (broad SMARTS) is 1. The number of aliphatic carboxylic acids is 1. The van der Waals surface area contributed by atoms with Crippen LogP contribution < -0.4 is 27.4 Å². The van der Waals surface area contributed by atoms with E-state index in [0.717, 1.165) is 0 Å². The van der Waals surface area contributed by atoms with Crippen molar-refractivity contribution < 1.29 is 29.1 Å². The third-order valence-electron chi connectivity index (χ3n) is 4.03. The van der Waals surface area contributed by atoms with E-state index in [4.69, 9.17) is 16.6 Å². The summed E-state index contributed by atoms with van der Waals surface area (Å²) in [4.78, 5) is 58.2. The van der Waals surface area contributed by atoms with Crippen LogP contribution in [0.5, 0.6) is 0 Å². The molecule has 0 fully saturated rings. The van der Waals surface area contributed by atoms with Crippen molar-refractivity contribution in [1.29, 1.82) is 0 Å². The zero-order chi connectivity index (χ0) is 21.3. The van der Waals surface area contributed by atoms with Gasteiger partial charge in [-0.2, -0.15) is 0 Å². The van der Waals surface area contributed by atoms with Crippen molar-refractivity contribution in [2.75, 3.05) is 0 Å². The highest BCUT2D eigenvalue weighted by atomic mass is 16.4. The Labute approximate surface area is 157 Å². The maximum atomic E-state index is 12.5. The molecule has 27 heavy (non-hydrogen) atoms. The van der Waals surface area contributed by atoms with Crippen molar-refractivity contribution in [2.45, 2.75) is 64.7 Å². The lowest BCUT2D eigenvalue weighted by molar-refractivity contribution is -0.141. The molecule has 0 saturated heterocycles. The summed E-state index contributed by atoms with van der Waals surface area (Å²) in [6, 6.07) is -4.33. The van der Waals surface area contributed by atoms with Gasteiger partial charge in [0, 0.05) is 0 Å². The molecule has 0 aliphatic heterocycles. The zero-order valence-electron chi connectivity index (χ0n) is 15.9. The summed E-state index contributed by atoms with van der Waals surface area (Å²) < 4.78 is 0. The van der Waals surface area contributed by atoms with E-state index < -0.39 is 53.8 Å². The standard InChI is InChI=1S/C16H29N5O6/c1-5-7(2)12(21-14(24)10(17)6-11(18)22)15(25)19-8(3)13(23)20-9(4)16(26)27/h7-10,12H,5-6,17H2,1-4H3,(H2,18,22)(H,19,25)(H,20,23)(H,21,24)(H,26,27). The molecule has 0 saturated carbocycles. The first kappa shape index (κ1) is 24.3. The van der Waals surface area contributed by atoms with Crippen LogP contribution in [-0.2, 0) is 24.0 Å².